The second-order valence-electron chi connectivity index (χ2n) is 7.30. The minimum absolute atomic E-state index is 0.370. The van der Waals surface area contributed by atoms with Crippen LogP contribution in [-0.2, 0) is 0 Å². The lowest BCUT2D eigenvalue weighted by molar-refractivity contribution is 0.374. The van der Waals surface area contributed by atoms with Gasteiger partial charge in [-0.25, -0.2) is 4.68 Å². The second kappa shape index (κ2) is 10.2. The Kier molecular flexibility index (Phi) is 7.09. The number of ether oxygens (including phenoxy) is 3. The third-order valence-electron chi connectivity index (χ3n) is 5.38. The molecule has 1 fully saturated rings. The van der Waals surface area contributed by atoms with Crippen LogP contribution in [0.15, 0.2) is 45.1 Å². The van der Waals surface area contributed by atoms with Crippen molar-refractivity contribution in [1.29, 1.82) is 0 Å². The predicted molar refractivity (Wildman–Crippen MR) is 127 cm³/mol. The second-order valence-corrected chi connectivity index (χ2v) is 9.09. The molecule has 0 amide bonds. The van der Waals surface area contributed by atoms with Crippen molar-refractivity contribution in [1.82, 2.24) is 4.68 Å². The number of thiophene rings is 1. The van der Waals surface area contributed by atoms with Gasteiger partial charge in [0.2, 0.25) is 4.80 Å². The van der Waals surface area contributed by atoms with Crippen LogP contribution in [-0.4, -0.2) is 38.3 Å². The molecule has 0 bridgehead atoms. The molecule has 1 aliphatic carbocycles. The molecule has 0 saturated heterocycles. The Morgan fingerprint density at radius 3 is 2.35 bits per heavy atom. The van der Waals surface area contributed by atoms with Gasteiger partial charge in [0.25, 0.3) is 0 Å². The maximum absolute atomic E-state index is 5.58. The zero-order valence-electron chi connectivity index (χ0n) is 18.0. The summed E-state index contributed by atoms with van der Waals surface area (Å²) >= 11 is 3.33. The molecular formula is C23H27N3O3S2. The summed E-state index contributed by atoms with van der Waals surface area (Å²) in [6, 6.07) is 8.19. The number of aromatic nitrogens is 1. The van der Waals surface area contributed by atoms with Gasteiger partial charge >= 0.3 is 0 Å². The standard InChI is InChI=1S/C23H27N3O3S2/c1-27-17-12-20(28-2)18(21(13-17)29-3)14-24-26-19(22-10-7-11-30-22)15-31-23(26)25-16-8-5-4-6-9-16/h7,10-16H,4-6,8-9H2,1-3H3. The van der Waals surface area contributed by atoms with Crippen LogP contribution in [0.4, 0.5) is 0 Å². The van der Waals surface area contributed by atoms with E-state index in [4.69, 9.17) is 24.3 Å². The van der Waals surface area contributed by atoms with E-state index < -0.39 is 0 Å². The molecule has 0 spiro atoms. The Morgan fingerprint density at radius 2 is 1.74 bits per heavy atom. The number of benzene rings is 1. The first kappa shape index (κ1) is 21.6. The highest BCUT2D eigenvalue weighted by Crippen LogP contribution is 2.33. The van der Waals surface area contributed by atoms with Crippen molar-refractivity contribution in [3.63, 3.8) is 0 Å². The van der Waals surface area contributed by atoms with Gasteiger partial charge in [-0.05, 0) is 24.3 Å². The fourth-order valence-corrected chi connectivity index (χ4v) is 5.44. The minimum atomic E-state index is 0.370. The van der Waals surface area contributed by atoms with Gasteiger partial charge < -0.3 is 14.2 Å². The Bertz CT molecular complexity index is 1070. The van der Waals surface area contributed by atoms with Crippen molar-refractivity contribution in [3.8, 4) is 27.8 Å². The third-order valence-corrected chi connectivity index (χ3v) is 7.10. The summed E-state index contributed by atoms with van der Waals surface area (Å²) in [5.74, 6) is 1.94. The largest absolute Gasteiger partial charge is 0.496 e. The molecule has 164 valence electrons. The van der Waals surface area contributed by atoms with Gasteiger partial charge in [-0.1, -0.05) is 25.3 Å². The molecule has 0 aliphatic heterocycles. The van der Waals surface area contributed by atoms with Crippen molar-refractivity contribution in [2.24, 2.45) is 10.1 Å². The maximum Gasteiger partial charge on any atom is 0.206 e. The molecule has 3 aromatic rings. The highest BCUT2D eigenvalue weighted by molar-refractivity contribution is 7.14. The van der Waals surface area contributed by atoms with Gasteiger partial charge in [0.1, 0.15) is 17.2 Å². The summed E-state index contributed by atoms with van der Waals surface area (Å²) in [6.07, 6.45) is 7.89. The van der Waals surface area contributed by atoms with E-state index >= 15 is 0 Å². The van der Waals surface area contributed by atoms with Crippen LogP contribution in [0.1, 0.15) is 37.7 Å². The molecule has 0 N–H and O–H groups in total. The van der Waals surface area contributed by atoms with E-state index in [0.29, 0.717) is 23.3 Å². The predicted octanol–water partition coefficient (Wildman–Crippen LogP) is 5.42. The molecule has 4 rings (SSSR count). The van der Waals surface area contributed by atoms with E-state index in [1.165, 1.54) is 19.3 Å². The summed E-state index contributed by atoms with van der Waals surface area (Å²) in [6.45, 7) is 0. The van der Waals surface area contributed by atoms with Crippen molar-refractivity contribution in [2.45, 2.75) is 38.1 Å². The van der Waals surface area contributed by atoms with Crippen LogP contribution in [0, 0.1) is 0 Å². The van der Waals surface area contributed by atoms with Gasteiger partial charge in [-0.2, -0.15) is 5.10 Å². The molecule has 31 heavy (non-hydrogen) atoms. The molecule has 0 unspecified atom stereocenters. The lowest BCUT2D eigenvalue weighted by atomic mass is 9.96. The molecule has 8 heteroatoms. The summed E-state index contributed by atoms with van der Waals surface area (Å²) in [5, 5.41) is 9.05. The SMILES string of the molecule is COc1cc(OC)c(C=Nn2c(-c3cccs3)csc2=NC2CCCCC2)c(OC)c1. The van der Waals surface area contributed by atoms with E-state index in [1.807, 2.05) is 16.8 Å². The quantitative estimate of drug-likeness (QED) is 0.445. The normalized spacial score (nSPS) is 15.5. The smallest absolute Gasteiger partial charge is 0.206 e. The summed E-state index contributed by atoms with van der Waals surface area (Å²) in [5.41, 5.74) is 1.79. The molecule has 1 aromatic carbocycles. The van der Waals surface area contributed by atoms with Crippen molar-refractivity contribution in [2.75, 3.05) is 21.3 Å². The molecule has 2 aromatic heterocycles. The average Bonchev–Trinajstić information content (AvgIpc) is 3.48. The van der Waals surface area contributed by atoms with Gasteiger partial charge in [0, 0.05) is 17.5 Å². The van der Waals surface area contributed by atoms with E-state index in [-0.39, 0.29) is 0 Å². The van der Waals surface area contributed by atoms with Crippen LogP contribution in [0.3, 0.4) is 0 Å². The van der Waals surface area contributed by atoms with Gasteiger partial charge in [-0.15, -0.1) is 22.7 Å². The van der Waals surface area contributed by atoms with E-state index in [9.17, 15) is 0 Å². The van der Waals surface area contributed by atoms with Crippen molar-refractivity contribution in [3.05, 3.63) is 45.4 Å². The molecule has 0 radical (unpaired) electrons. The monoisotopic (exact) mass is 457 g/mol. The first-order chi connectivity index (χ1) is 15.2. The lowest BCUT2D eigenvalue weighted by Gasteiger charge is -2.16. The topological polar surface area (TPSA) is 57.3 Å². The Morgan fingerprint density at radius 1 is 1.00 bits per heavy atom. The zero-order valence-corrected chi connectivity index (χ0v) is 19.7. The fourth-order valence-electron chi connectivity index (χ4n) is 3.74. The van der Waals surface area contributed by atoms with Crippen molar-refractivity contribution >= 4 is 28.9 Å². The number of thiazole rings is 1. The number of methoxy groups -OCH3 is 3. The fraction of sp³-hybridized carbons (Fsp3) is 0.391. The molecule has 1 aliphatic rings. The highest BCUT2D eigenvalue weighted by Gasteiger charge is 2.15. The van der Waals surface area contributed by atoms with E-state index in [0.717, 1.165) is 33.8 Å². The van der Waals surface area contributed by atoms with Crippen molar-refractivity contribution < 1.29 is 14.2 Å². The molecule has 1 saturated carbocycles. The Balaban J connectivity index is 1.79. The molecule has 0 atom stereocenters. The zero-order chi connectivity index (χ0) is 21.6. The van der Waals surface area contributed by atoms with Gasteiger partial charge in [0.05, 0.1) is 49.7 Å². The minimum Gasteiger partial charge on any atom is -0.496 e. The molecular weight excluding hydrogens is 430 g/mol. The molecule has 2 heterocycles. The average molecular weight is 458 g/mol. The van der Waals surface area contributed by atoms with Crippen LogP contribution < -0.4 is 19.0 Å². The number of hydrogen-bond acceptors (Lipinski definition) is 7. The summed E-state index contributed by atoms with van der Waals surface area (Å²) in [4.78, 5) is 7.14. The summed E-state index contributed by atoms with van der Waals surface area (Å²) in [7, 11) is 4.88. The van der Waals surface area contributed by atoms with E-state index in [2.05, 4.69) is 22.9 Å². The third kappa shape index (κ3) is 4.85. The number of hydrogen-bond donors (Lipinski definition) is 0. The number of nitrogens with zero attached hydrogens (tertiary/aromatic N) is 3. The van der Waals surface area contributed by atoms with E-state index in [1.54, 1.807) is 50.2 Å². The first-order valence-electron chi connectivity index (χ1n) is 10.4. The van der Waals surface area contributed by atoms with Crippen LogP contribution in [0.2, 0.25) is 0 Å². The van der Waals surface area contributed by atoms with Gasteiger partial charge in [0.15, 0.2) is 0 Å². The Hall–Kier alpha value is -2.58. The van der Waals surface area contributed by atoms with Crippen LogP contribution in [0.5, 0.6) is 17.2 Å². The maximum atomic E-state index is 5.58. The number of rotatable bonds is 7. The van der Waals surface area contributed by atoms with Gasteiger partial charge in [-0.3, -0.25) is 4.99 Å². The Labute approximate surface area is 190 Å². The van der Waals surface area contributed by atoms with Crippen LogP contribution >= 0.6 is 22.7 Å². The first-order valence-corrected chi connectivity index (χ1v) is 12.1. The lowest BCUT2D eigenvalue weighted by Crippen LogP contribution is -2.19. The highest BCUT2D eigenvalue weighted by atomic mass is 32.1. The molecule has 6 nitrogen and oxygen atoms in total. The van der Waals surface area contributed by atoms with Crippen LogP contribution in [0.25, 0.3) is 10.6 Å². The summed E-state index contributed by atoms with van der Waals surface area (Å²) < 4.78 is 18.4.